The molecule has 1 fully saturated rings. The summed E-state index contributed by atoms with van der Waals surface area (Å²) in [5.74, 6) is -0.306. The molecule has 0 spiro atoms. The summed E-state index contributed by atoms with van der Waals surface area (Å²) in [6, 6.07) is 12.4. The van der Waals surface area contributed by atoms with Gasteiger partial charge in [-0.25, -0.2) is 4.39 Å². The number of amides is 1. The number of hydrogen-bond donors (Lipinski definition) is 1. The molecule has 0 aromatic heterocycles. The Bertz CT molecular complexity index is 733. The minimum absolute atomic E-state index is 0.0685. The van der Waals surface area contributed by atoms with E-state index >= 15 is 0 Å². The minimum atomic E-state index is -0.454. The molecule has 0 unspecified atom stereocenters. The van der Waals surface area contributed by atoms with Crippen LogP contribution in [-0.2, 0) is 11.3 Å². The van der Waals surface area contributed by atoms with Crippen LogP contribution in [-0.4, -0.2) is 29.6 Å². The van der Waals surface area contributed by atoms with Gasteiger partial charge < -0.3 is 5.32 Å². The van der Waals surface area contributed by atoms with Crippen LogP contribution in [0.4, 0.5) is 10.1 Å². The summed E-state index contributed by atoms with van der Waals surface area (Å²) in [7, 11) is 0. The third-order valence-corrected chi connectivity index (χ3v) is 5.39. The van der Waals surface area contributed by atoms with Crippen molar-refractivity contribution in [1.82, 2.24) is 4.90 Å². The van der Waals surface area contributed by atoms with Crippen LogP contribution in [0.5, 0.6) is 0 Å². The number of thioether (sulfide) groups is 1. The number of nitrogens with one attached hydrogen (secondary N) is 1. The first kappa shape index (κ1) is 18.2. The van der Waals surface area contributed by atoms with E-state index in [0.29, 0.717) is 0 Å². The Morgan fingerprint density at radius 3 is 2.56 bits per heavy atom. The van der Waals surface area contributed by atoms with E-state index in [2.05, 4.69) is 22.3 Å². The zero-order valence-corrected chi connectivity index (χ0v) is 15.4. The molecule has 1 amide bonds. The molecule has 25 heavy (non-hydrogen) atoms. The lowest BCUT2D eigenvalue weighted by Crippen LogP contribution is -2.18. The quantitative estimate of drug-likeness (QED) is 0.732. The molecule has 0 atom stereocenters. The molecule has 1 aliphatic heterocycles. The van der Waals surface area contributed by atoms with Crippen molar-refractivity contribution in [3.8, 4) is 0 Å². The largest absolute Gasteiger partial charge is 0.325 e. The number of rotatable bonds is 6. The molecule has 2 aromatic rings. The molecule has 3 rings (SSSR count). The van der Waals surface area contributed by atoms with Crippen LogP contribution < -0.4 is 5.32 Å². The lowest BCUT2D eigenvalue weighted by atomic mass is 10.2. The number of carbonyl (C=O) groups is 1. The van der Waals surface area contributed by atoms with Crippen LogP contribution in [0.25, 0.3) is 0 Å². The van der Waals surface area contributed by atoms with Gasteiger partial charge in [0.15, 0.2) is 0 Å². The van der Waals surface area contributed by atoms with Crippen LogP contribution in [0.3, 0.4) is 0 Å². The van der Waals surface area contributed by atoms with Gasteiger partial charge in [0, 0.05) is 17.1 Å². The smallest absolute Gasteiger partial charge is 0.234 e. The van der Waals surface area contributed by atoms with Gasteiger partial charge in [-0.05, 0) is 61.8 Å². The number of anilines is 1. The van der Waals surface area contributed by atoms with E-state index in [1.165, 1.54) is 55.4 Å². The SMILES string of the molecule is O=C(CSc1ccc(F)c(Cl)c1)Nc1ccc(CN2CCCC2)cc1. The van der Waals surface area contributed by atoms with Gasteiger partial charge in [-0.15, -0.1) is 11.8 Å². The van der Waals surface area contributed by atoms with E-state index in [1.54, 1.807) is 6.07 Å². The van der Waals surface area contributed by atoms with E-state index in [0.717, 1.165) is 17.1 Å². The highest BCUT2D eigenvalue weighted by molar-refractivity contribution is 8.00. The molecule has 1 heterocycles. The summed E-state index contributed by atoms with van der Waals surface area (Å²) < 4.78 is 13.1. The molecular weight excluding hydrogens is 359 g/mol. The topological polar surface area (TPSA) is 32.3 Å². The Kier molecular flexibility index (Phi) is 6.34. The van der Waals surface area contributed by atoms with Gasteiger partial charge in [-0.2, -0.15) is 0 Å². The van der Waals surface area contributed by atoms with Crippen LogP contribution in [0.1, 0.15) is 18.4 Å². The maximum atomic E-state index is 13.1. The fourth-order valence-electron chi connectivity index (χ4n) is 2.81. The molecule has 0 radical (unpaired) electrons. The third kappa shape index (κ3) is 5.46. The summed E-state index contributed by atoms with van der Waals surface area (Å²) in [6.07, 6.45) is 2.57. The highest BCUT2D eigenvalue weighted by Crippen LogP contribution is 2.24. The van der Waals surface area contributed by atoms with Gasteiger partial charge in [0.05, 0.1) is 10.8 Å². The Morgan fingerprint density at radius 1 is 1.16 bits per heavy atom. The second-order valence-corrected chi connectivity index (χ2v) is 7.55. The first-order chi connectivity index (χ1) is 12.1. The molecule has 1 N–H and O–H groups in total. The zero-order chi connectivity index (χ0) is 17.6. The average Bonchev–Trinajstić information content (AvgIpc) is 3.11. The molecule has 132 valence electrons. The Morgan fingerprint density at radius 2 is 1.88 bits per heavy atom. The summed E-state index contributed by atoms with van der Waals surface area (Å²) in [6.45, 7) is 3.31. The molecular formula is C19H20ClFN2OS. The minimum Gasteiger partial charge on any atom is -0.325 e. The van der Waals surface area contributed by atoms with Crippen LogP contribution in [0, 0.1) is 5.82 Å². The lowest BCUT2D eigenvalue weighted by molar-refractivity contribution is -0.113. The molecule has 0 saturated carbocycles. The molecule has 0 bridgehead atoms. The normalized spacial score (nSPS) is 14.6. The Labute approximate surface area is 156 Å². The predicted molar refractivity (Wildman–Crippen MR) is 102 cm³/mol. The number of nitrogens with zero attached hydrogens (tertiary/aromatic N) is 1. The molecule has 1 saturated heterocycles. The van der Waals surface area contributed by atoms with Gasteiger partial charge in [0.25, 0.3) is 0 Å². The third-order valence-electron chi connectivity index (χ3n) is 4.10. The summed E-state index contributed by atoms with van der Waals surface area (Å²) in [5.41, 5.74) is 2.04. The highest BCUT2D eigenvalue weighted by Gasteiger charge is 2.11. The standard InChI is InChI=1S/C19H20ClFN2OS/c20-17-11-16(7-8-18(17)21)25-13-19(24)22-15-5-3-14(4-6-15)12-23-9-1-2-10-23/h3-8,11H,1-2,9-10,12-13H2,(H,22,24). The molecule has 6 heteroatoms. The van der Waals surface area contributed by atoms with E-state index < -0.39 is 5.82 Å². The molecule has 2 aromatic carbocycles. The highest BCUT2D eigenvalue weighted by atomic mass is 35.5. The molecule has 0 aliphatic carbocycles. The Balaban J connectivity index is 1.47. The fraction of sp³-hybridized carbons (Fsp3) is 0.316. The van der Waals surface area contributed by atoms with Crippen molar-refractivity contribution in [3.05, 3.63) is 58.9 Å². The maximum Gasteiger partial charge on any atom is 0.234 e. The van der Waals surface area contributed by atoms with Crippen molar-refractivity contribution in [1.29, 1.82) is 0 Å². The summed E-state index contributed by atoms with van der Waals surface area (Å²) in [5, 5.41) is 2.95. The van der Waals surface area contributed by atoms with Gasteiger partial charge in [0.2, 0.25) is 5.91 Å². The van der Waals surface area contributed by atoms with E-state index in [-0.39, 0.29) is 16.7 Å². The van der Waals surface area contributed by atoms with E-state index in [4.69, 9.17) is 11.6 Å². The first-order valence-electron chi connectivity index (χ1n) is 8.29. The number of hydrogen-bond acceptors (Lipinski definition) is 3. The lowest BCUT2D eigenvalue weighted by Gasteiger charge is -2.14. The Hall–Kier alpha value is -1.56. The molecule has 1 aliphatic rings. The number of carbonyl (C=O) groups excluding carboxylic acids is 1. The first-order valence-corrected chi connectivity index (χ1v) is 9.65. The van der Waals surface area contributed by atoms with Crippen molar-refractivity contribution < 1.29 is 9.18 Å². The van der Waals surface area contributed by atoms with Crippen LogP contribution >= 0.6 is 23.4 Å². The number of likely N-dealkylation sites (tertiary alicyclic amines) is 1. The van der Waals surface area contributed by atoms with Gasteiger partial charge in [-0.1, -0.05) is 23.7 Å². The maximum absolute atomic E-state index is 13.1. The number of benzene rings is 2. The number of halogens is 2. The fourth-order valence-corrected chi connectivity index (χ4v) is 3.79. The van der Waals surface area contributed by atoms with Crippen LogP contribution in [0.2, 0.25) is 5.02 Å². The van der Waals surface area contributed by atoms with Gasteiger partial charge in [-0.3, -0.25) is 9.69 Å². The van der Waals surface area contributed by atoms with Gasteiger partial charge in [0.1, 0.15) is 5.82 Å². The van der Waals surface area contributed by atoms with E-state index in [1.807, 2.05) is 12.1 Å². The second kappa shape index (κ2) is 8.70. The van der Waals surface area contributed by atoms with Gasteiger partial charge >= 0.3 is 0 Å². The van der Waals surface area contributed by atoms with Crippen molar-refractivity contribution in [2.45, 2.75) is 24.3 Å². The van der Waals surface area contributed by atoms with E-state index in [9.17, 15) is 9.18 Å². The van der Waals surface area contributed by atoms with Crippen LogP contribution in [0.15, 0.2) is 47.4 Å². The van der Waals surface area contributed by atoms with Crippen molar-refractivity contribution in [2.24, 2.45) is 0 Å². The van der Waals surface area contributed by atoms with Crippen molar-refractivity contribution in [2.75, 3.05) is 24.2 Å². The van der Waals surface area contributed by atoms with Crippen molar-refractivity contribution in [3.63, 3.8) is 0 Å². The predicted octanol–water partition coefficient (Wildman–Crippen LogP) is 4.81. The second-order valence-electron chi connectivity index (χ2n) is 6.09. The summed E-state index contributed by atoms with van der Waals surface area (Å²) >= 11 is 7.07. The molecule has 3 nitrogen and oxygen atoms in total. The average molecular weight is 379 g/mol. The monoisotopic (exact) mass is 378 g/mol. The zero-order valence-electron chi connectivity index (χ0n) is 13.8. The summed E-state index contributed by atoms with van der Waals surface area (Å²) in [4.78, 5) is 15.3. The van der Waals surface area contributed by atoms with Crippen molar-refractivity contribution >= 4 is 35.0 Å².